The van der Waals surface area contributed by atoms with Gasteiger partial charge in [-0.3, -0.25) is 4.79 Å². The first-order valence-corrected chi connectivity index (χ1v) is 6.62. The Morgan fingerprint density at radius 2 is 2.35 bits per heavy atom. The molecule has 1 saturated heterocycles. The number of hydrogen-bond donors (Lipinski definition) is 1. The number of ether oxygens (including phenoxy) is 1. The lowest BCUT2D eigenvalue weighted by Crippen LogP contribution is -2.39. The number of aromatic nitrogens is 3. The molecule has 0 bridgehead atoms. The summed E-state index contributed by atoms with van der Waals surface area (Å²) in [5, 5.41) is 4.10. The molecule has 0 aliphatic carbocycles. The van der Waals surface area contributed by atoms with E-state index in [9.17, 15) is 4.79 Å². The molecule has 1 fully saturated rings. The smallest absolute Gasteiger partial charge is 0.310 e. The Hall–Kier alpha value is -2.31. The van der Waals surface area contributed by atoms with E-state index in [2.05, 4.69) is 15.0 Å². The van der Waals surface area contributed by atoms with Gasteiger partial charge in [0, 0.05) is 13.1 Å². The molecule has 0 aromatic carbocycles. The second-order valence-electron chi connectivity index (χ2n) is 4.97. The van der Waals surface area contributed by atoms with E-state index in [0.717, 1.165) is 25.1 Å². The van der Waals surface area contributed by atoms with Gasteiger partial charge in [0.1, 0.15) is 0 Å². The Morgan fingerprint density at radius 1 is 1.50 bits per heavy atom. The van der Waals surface area contributed by atoms with Crippen LogP contribution in [-0.2, 0) is 9.53 Å². The van der Waals surface area contributed by atoms with Gasteiger partial charge in [-0.05, 0) is 25.0 Å². The Balaban J connectivity index is 1.84. The number of methoxy groups -OCH3 is 1. The number of rotatable bonds is 2. The summed E-state index contributed by atoms with van der Waals surface area (Å²) in [6.07, 6.45) is 3.73. The summed E-state index contributed by atoms with van der Waals surface area (Å²) >= 11 is 0. The number of carbonyl (C=O) groups excluding carboxylic acids is 1. The molecule has 3 heterocycles. The van der Waals surface area contributed by atoms with E-state index in [4.69, 9.17) is 10.5 Å². The molecule has 2 N–H and O–H groups in total. The summed E-state index contributed by atoms with van der Waals surface area (Å²) in [4.78, 5) is 17.9. The summed E-state index contributed by atoms with van der Waals surface area (Å²) in [6.45, 7) is 1.59. The molecule has 7 nitrogen and oxygen atoms in total. The number of pyridine rings is 1. The van der Waals surface area contributed by atoms with Gasteiger partial charge in [-0.25, -0.2) is 4.52 Å². The quantitative estimate of drug-likeness (QED) is 0.812. The fourth-order valence-corrected chi connectivity index (χ4v) is 2.65. The fourth-order valence-electron chi connectivity index (χ4n) is 2.65. The van der Waals surface area contributed by atoms with Crippen LogP contribution in [0.25, 0.3) is 5.65 Å². The molecular weight excluding hydrogens is 258 g/mol. The zero-order chi connectivity index (χ0) is 14.1. The van der Waals surface area contributed by atoms with Gasteiger partial charge in [0.25, 0.3) is 0 Å². The van der Waals surface area contributed by atoms with E-state index in [1.807, 2.05) is 18.3 Å². The maximum atomic E-state index is 11.7. The number of nitrogen functional groups attached to an aromatic ring is 1. The molecule has 2 aromatic rings. The molecule has 1 aliphatic heterocycles. The normalized spacial score (nSPS) is 19.2. The first-order valence-electron chi connectivity index (χ1n) is 6.62. The number of esters is 1. The Labute approximate surface area is 116 Å². The summed E-state index contributed by atoms with van der Waals surface area (Å²) in [7, 11) is 1.44. The van der Waals surface area contributed by atoms with Gasteiger partial charge in [-0.15, -0.1) is 5.10 Å². The lowest BCUT2D eigenvalue weighted by molar-refractivity contribution is -0.145. The van der Waals surface area contributed by atoms with Crippen LogP contribution in [0, 0.1) is 5.92 Å². The lowest BCUT2D eigenvalue weighted by atomic mass is 9.98. The van der Waals surface area contributed by atoms with E-state index in [1.165, 1.54) is 7.11 Å². The largest absolute Gasteiger partial charge is 0.469 e. The maximum Gasteiger partial charge on any atom is 0.310 e. The first kappa shape index (κ1) is 12.7. The topological polar surface area (TPSA) is 85.8 Å². The van der Waals surface area contributed by atoms with E-state index < -0.39 is 0 Å². The van der Waals surface area contributed by atoms with Crippen LogP contribution in [0.1, 0.15) is 12.8 Å². The van der Waals surface area contributed by atoms with Gasteiger partial charge < -0.3 is 15.4 Å². The van der Waals surface area contributed by atoms with Crippen LogP contribution in [0.3, 0.4) is 0 Å². The van der Waals surface area contributed by atoms with Crippen LogP contribution in [0.4, 0.5) is 11.6 Å². The highest BCUT2D eigenvalue weighted by atomic mass is 16.5. The van der Waals surface area contributed by atoms with Crippen LogP contribution >= 0.6 is 0 Å². The molecule has 3 rings (SSSR count). The number of carbonyl (C=O) groups is 1. The van der Waals surface area contributed by atoms with Crippen molar-refractivity contribution in [3.05, 3.63) is 18.3 Å². The van der Waals surface area contributed by atoms with Crippen molar-refractivity contribution in [1.82, 2.24) is 14.6 Å². The van der Waals surface area contributed by atoms with E-state index in [0.29, 0.717) is 12.2 Å². The molecule has 0 radical (unpaired) electrons. The molecule has 1 aliphatic rings. The Kier molecular flexibility index (Phi) is 3.17. The van der Waals surface area contributed by atoms with Crippen LogP contribution in [-0.4, -0.2) is 40.8 Å². The van der Waals surface area contributed by atoms with Crippen molar-refractivity contribution in [1.29, 1.82) is 0 Å². The number of fused-ring (bicyclic) bond motifs is 1. The molecular formula is C13H17N5O2. The molecule has 1 atom stereocenters. The predicted molar refractivity (Wildman–Crippen MR) is 74.4 cm³/mol. The van der Waals surface area contributed by atoms with Crippen molar-refractivity contribution in [2.75, 3.05) is 30.8 Å². The number of piperidine rings is 1. The Bertz CT molecular complexity index is 639. The summed E-state index contributed by atoms with van der Waals surface area (Å²) < 4.78 is 6.50. The van der Waals surface area contributed by atoms with Crippen LogP contribution in [0.5, 0.6) is 0 Å². The van der Waals surface area contributed by atoms with Crippen molar-refractivity contribution in [2.45, 2.75) is 12.8 Å². The first-order chi connectivity index (χ1) is 9.67. The maximum absolute atomic E-state index is 11.7. The van der Waals surface area contributed by atoms with Crippen molar-refractivity contribution in [3.8, 4) is 0 Å². The van der Waals surface area contributed by atoms with Crippen molar-refractivity contribution in [3.63, 3.8) is 0 Å². The third kappa shape index (κ3) is 2.26. The number of nitrogens with zero attached hydrogens (tertiary/aromatic N) is 4. The highest BCUT2D eigenvalue weighted by Gasteiger charge is 2.26. The molecule has 0 spiro atoms. The predicted octanol–water partition coefficient (Wildman–Crippen LogP) is 0.701. The highest BCUT2D eigenvalue weighted by molar-refractivity contribution is 5.73. The third-order valence-corrected chi connectivity index (χ3v) is 3.65. The Morgan fingerprint density at radius 3 is 3.15 bits per heavy atom. The second-order valence-corrected chi connectivity index (χ2v) is 4.97. The van der Waals surface area contributed by atoms with Crippen molar-refractivity contribution in [2.24, 2.45) is 5.92 Å². The zero-order valence-corrected chi connectivity index (χ0v) is 11.3. The molecule has 20 heavy (non-hydrogen) atoms. The monoisotopic (exact) mass is 275 g/mol. The summed E-state index contributed by atoms with van der Waals surface area (Å²) in [6, 6.07) is 3.85. The molecule has 1 unspecified atom stereocenters. The summed E-state index contributed by atoms with van der Waals surface area (Å²) in [5.74, 6) is 0.0549. The molecule has 0 amide bonds. The fraction of sp³-hybridized carbons (Fsp3) is 0.462. The standard InChI is InChI=1S/C13H17N5O2/c1-20-12(19)9-3-2-6-17(7-9)10-4-5-11-15-13(14)16-18(11)8-10/h4-5,8-9H,2-3,6-7H2,1H3,(H2,14,16). The number of hydrogen-bond acceptors (Lipinski definition) is 6. The molecule has 0 saturated carbocycles. The van der Waals surface area contributed by atoms with Gasteiger partial charge in [0.2, 0.25) is 5.95 Å². The van der Waals surface area contributed by atoms with E-state index in [-0.39, 0.29) is 17.8 Å². The van der Waals surface area contributed by atoms with E-state index >= 15 is 0 Å². The van der Waals surface area contributed by atoms with Crippen LogP contribution in [0.2, 0.25) is 0 Å². The molecule has 2 aromatic heterocycles. The van der Waals surface area contributed by atoms with Gasteiger partial charge in [0.15, 0.2) is 5.65 Å². The minimum atomic E-state index is -0.138. The SMILES string of the molecule is COC(=O)C1CCCN(c2ccc3nc(N)nn3c2)C1. The molecule has 7 heteroatoms. The lowest BCUT2D eigenvalue weighted by Gasteiger charge is -2.32. The number of anilines is 2. The van der Waals surface area contributed by atoms with E-state index in [1.54, 1.807) is 4.52 Å². The molecule has 106 valence electrons. The van der Waals surface area contributed by atoms with Gasteiger partial charge in [0.05, 0.1) is 24.9 Å². The van der Waals surface area contributed by atoms with Gasteiger partial charge in [-0.2, -0.15) is 4.98 Å². The average Bonchev–Trinajstić information content (AvgIpc) is 2.85. The number of nitrogens with two attached hydrogens (primary N) is 1. The van der Waals surface area contributed by atoms with Crippen LogP contribution < -0.4 is 10.6 Å². The zero-order valence-electron chi connectivity index (χ0n) is 11.3. The van der Waals surface area contributed by atoms with Gasteiger partial charge in [-0.1, -0.05) is 0 Å². The average molecular weight is 275 g/mol. The van der Waals surface area contributed by atoms with Crippen molar-refractivity contribution >= 4 is 23.3 Å². The van der Waals surface area contributed by atoms with Crippen LogP contribution in [0.15, 0.2) is 18.3 Å². The van der Waals surface area contributed by atoms with Crippen molar-refractivity contribution < 1.29 is 9.53 Å². The summed E-state index contributed by atoms with van der Waals surface area (Å²) in [5.41, 5.74) is 7.31. The minimum Gasteiger partial charge on any atom is -0.469 e. The second kappa shape index (κ2) is 4.99. The highest BCUT2D eigenvalue weighted by Crippen LogP contribution is 2.24. The van der Waals surface area contributed by atoms with Gasteiger partial charge >= 0.3 is 5.97 Å². The third-order valence-electron chi connectivity index (χ3n) is 3.65. The minimum absolute atomic E-state index is 0.0646.